The van der Waals surface area contributed by atoms with E-state index in [-0.39, 0.29) is 9.79 Å². The van der Waals surface area contributed by atoms with E-state index in [0.29, 0.717) is 11.3 Å². The number of carbonyl (C=O) groups excluding carboxylic acids is 1. The maximum atomic E-state index is 13.4. The summed E-state index contributed by atoms with van der Waals surface area (Å²) in [4.78, 5) is 13.2. The lowest BCUT2D eigenvalue weighted by molar-refractivity contribution is -0.120. The molecule has 3 aromatic rings. The van der Waals surface area contributed by atoms with Gasteiger partial charge in [0.2, 0.25) is 5.91 Å². The maximum Gasteiger partial charge on any atom is 0.264 e. The van der Waals surface area contributed by atoms with Crippen molar-refractivity contribution in [3.8, 4) is 0 Å². The van der Waals surface area contributed by atoms with Crippen LogP contribution in [0.4, 0.5) is 5.69 Å². The molecule has 0 unspecified atom stereocenters. The van der Waals surface area contributed by atoms with Gasteiger partial charge in [-0.05, 0) is 67.9 Å². The van der Waals surface area contributed by atoms with Gasteiger partial charge in [0.15, 0.2) is 9.84 Å². The van der Waals surface area contributed by atoms with E-state index in [9.17, 15) is 21.6 Å². The van der Waals surface area contributed by atoms with Crippen molar-refractivity contribution in [2.24, 2.45) is 0 Å². The first-order valence-corrected chi connectivity index (χ1v) is 14.4. The van der Waals surface area contributed by atoms with Gasteiger partial charge in [-0.3, -0.25) is 9.10 Å². The first-order chi connectivity index (χ1) is 15.9. The molecule has 0 aliphatic carbocycles. The molecule has 7 nitrogen and oxygen atoms in total. The van der Waals surface area contributed by atoms with Crippen LogP contribution in [-0.2, 0) is 24.7 Å². The number of carbonyl (C=O) groups is 1. The predicted octanol–water partition coefficient (Wildman–Crippen LogP) is 4.23. The summed E-state index contributed by atoms with van der Waals surface area (Å²) >= 11 is 3.34. The molecule has 1 atom stereocenters. The molecule has 0 saturated heterocycles. The summed E-state index contributed by atoms with van der Waals surface area (Å²) in [6.45, 7) is 3.18. The van der Waals surface area contributed by atoms with Crippen molar-refractivity contribution in [1.29, 1.82) is 0 Å². The van der Waals surface area contributed by atoms with Crippen LogP contribution in [0.25, 0.3) is 0 Å². The molecule has 0 aliphatic rings. The fourth-order valence-corrected chi connectivity index (χ4v) is 5.58. The normalized spacial score (nSPS) is 12.7. The van der Waals surface area contributed by atoms with E-state index < -0.39 is 38.4 Å². The third-order valence-corrected chi connectivity index (χ3v) is 8.64. The topological polar surface area (TPSA) is 101 Å². The summed E-state index contributed by atoms with van der Waals surface area (Å²) in [6.07, 6.45) is 1.12. The summed E-state index contributed by atoms with van der Waals surface area (Å²) in [6, 6.07) is 18.8. The summed E-state index contributed by atoms with van der Waals surface area (Å²) in [5.74, 6) is -0.502. The van der Waals surface area contributed by atoms with Crippen molar-refractivity contribution in [3.05, 3.63) is 88.4 Å². The van der Waals surface area contributed by atoms with E-state index in [1.165, 1.54) is 24.3 Å². The molecule has 0 radical (unpaired) electrons. The summed E-state index contributed by atoms with van der Waals surface area (Å²) < 4.78 is 52.0. The number of sulfone groups is 1. The smallest absolute Gasteiger partial charge is 0.264 e. The minimum atomic E-state index is -4.01. The van der Waals surface area contributed by atoms with Crippen molar-refractivity contribution >= 4 is 47.4 Å². The largest absolute Gasteiger partial charge is 0.348 e. The molecule has 3 rings (SSSR count). The summed E-state index contributed by atoms with van der Waals surface area (Å²) in [7, 11) is -7.34. The SMILES string of the molecule is Cc1ccc(S(=O)(=O)N(CC(=O)N[C@@H](C)c2ccc(S(C)(=O)=O)cc2)c2ccc(Br)cc2)cc1. The van der Waals surface area contributed by atoms with E-state index in [1.54, 1.807) is 55.5 Å². The van der Waals surface area contributed by atoms with Crippen LogP contribution in [0, 0.1) is 6.92 Å². The Balaban J connectivity index is 1.85. The van der Waals surface area contributed by atoms with Crippen LogP contribution in [0.15, 0.2) is 87.1 Å². The average Bonchev–Trinajstić information content (AvgIpc) is 2.78. The van der Waals surface area contributed by atoms with Crippen LogP contribution in [0.3, 0.4) is 0 Å². The highest BCUT2D eigenvalue weighted by molar-refractivity contribution is 9.10. The molecule has 1 amide bonds. The van der Waals surface area contributed by atoms with Crippen LogP contribution in [0.5, 0.6) is 0 Å². The molecule has 3 aromatic carbocycles. The van der Waals surface area contributed by atoms with Crippen LogP contribution in [0.2, 0.25) is 0 Å². The molecule has 0 bridgehead atoms. The summed E-state index contributed by atoms with van der Waals surface area (Å²) in [5.41, 5.74) is 1.96. The van der Waals surface area contributed by atoms with Crippen molar-refractivity contribution in [2.45, 2.75) is 29.7 Å². The standard InChI is InChI=1S/C24H25BrN2O5S2/c1-17-4-12-23(13-5-17)34(31,32)27(21-10-8-20(25)9-11-21)16-24(28)26-18(2)19-6-14-22(15-7-19)33(3,29)30/h4-15,18H,16H2,1-3H3,(H,26,28)/t18-/m0/s1. The van der Waals surface area contributed by atoms with Gasteiger partial charge in [0.1, 0.15) is 6.54 Å². The molecule has 0 aromatic heterocycles. The number of amides is 1. The van der Waals surface area contributed by atoms with Crippen LogP contribution in [-0.4, -0.2) is 35.5 Å². The zero-order valence-electron chi connectivity index (χ0n) is 18.9. The maximum absolute atomic E-state index is 13.4. The highest BCUT2D eigenvalue weighted by Gasteiger charge is 2.27. The average molecular weight is 566 g/mol. The third kappa shape index (κ3) is 6.25. The Labute approximate surface area is 208 Å². The second-order valence-corrected chi connectivity index (χ2v) is 12.7. The second-order valence-electron chi connectivity index (χ2n) is 7.93. The number of hydrogen-bond acceptors (Lipinski definition) is 5. The van der Waals surface area contributed by atoms with E-state index in [2.05, 4.69) is 21.2 Å². The number of nitrogens with one attached hydrogen (secondary N) is 1. The van der Waals surface area contributed by atoms with Gasteiger partial charge in [-0.15, -0.1) is 0 Å². The zero-order valence-corrected chi connectivity index (χ0v) is 22.1. The molecule has 180 valence electrons. The molecular formula is C24H25BrN2O5S2. The minimum Gasteiger partial charge on any atom is -0.348 e. The Morgan fingerprint density at radius 3 is 1.94 bits per heavy atom. The van der Waals surface area contributed by atoms with Crippen LogP contribution in [0.1, 0.15) is 24.1 Å². The number of sulfonamides is 1. The predicted molar refractivity (Wildman–Crippen MR) is 136 cm³/mol. The lowest BCUT2D eigenvalue weighted by Crippen LogP contribution is -2.41. The van der Waals surface area contributed by atoms with E-state index >= 15 is 0 Å². The van der Waals surface area contributed by atoms with Gasteiger partial charge < -0.3 is 5.32 Å². The molecule has 0 fully saturated rings. The van der Waals surface area contributed by atoms with E-state index in [0.717, 1.165) is 20.6 Å². The van der Waals surface area contributed by atoms with Gasteiger partial charge >= 0.3 is 0 Å². The van der Waals surface area contributed by atoms with Gasteiger partial charge in [0.05, 0.1) is 21.5 Å². The Morgan fingerprint density at radius 2 is 1.41 bits per heavy atom. The molecule has 0 aliphatic heterocycles. The fraction of sp³-hybridized carbons (Fsp3) is 0.208. The third-order valence-electron chi connectivity index (χ3n) is 5.20. The number of halogens is 1. The van der Waals surface area contributed by atoms with Gasteiger partial charge in [-0.25, -0.2) is 16.8 Å². The van der Waals surface area contributed by atoms with Crippen molar-refractivity contribution in [1.82, 2.24) is 5.32 Å². The highest BCUT2D eigenvalue weighted by Crippen LogP contribution is 2.26. The summed E-state index contributed by atoms with van der Waals surface area (Å²) in [5, 5.41) is 2.79. The Hall–Kier alpha value is -2.69. The number of aryl methyl sites for hydroxylation is 1. The van der Waals surface area contributed by atoms with Crippen LogP contribution < -0.4 is 9.62 Å². The monoisotopic (exact) mass is 564 g/mol. The van der Waals surface area contributed by atoms with Gasteiger partial charge in [0, 0.05) is 10.7 Å². The van der Waals surface area contributed by atoms with E-state index in [4.69, 9.17) is 0 Å². The van der Waals surface area contributed by atoms with Gasteiger partial charge in [-0.2, -0.15) is 0 Å². The van der Waals surface area contributed by atoms with E-state index in [1.807, 2.05) is 6.92 Å². The molecule has 0 saturated carbocycles. The van der Waals surface area contributed by atoms with Crippen molar-refractivity contribution in [3.63, 3.8) is 0 Å². The zero-order chi connectivity index (χ0) is 25.1. The number of nitrogens with zero attached hydrogens (tertiary/aromatic N) is 1. The first-order valence-electron chi connectivity index (χ1n) is 10.3. The molecule has 1 N–H and O–H groups in total. The molecule has 34 heavy (non-hydrogen) atoms. The highest BCUT2D eigenvalue weighted by atomic mass is 79.9. The Morgan fingerprint density at radius 1 is 0.882 bits per heavy atom. The fourth-order valence-electron chi connectivity index (χ4n) is 3.26. The number of rotatable bonds is 8. The minimum absolute atomic E-state index is 0.0817. The lowest BCUT2D eigenvalue weighted by atomic mass is 10.1. The number of anilines is 1. The quantitative estimate of drug-likeness (QED) is 0.441. The molecule has 0 heterocycles. The Kier molecular flexibility index (Phi) is 7.84. The molecule has 10 heteroatoms. The Bertz CT molecular complexity index is 1370. The molecular weight excluding hydrogens is 540 g/mol. The number of hydrogen-bond donors (Lipinski definition) is 1. The van der Waals surface area contributed by atoms with Crippen molar-refractivity contribution in [2.75, 3.05) is 17.1 Å². The van der Waals surface area contributed by atoms with Crippen molar-refractivity contribution < 1.29 is 21.6 Å². The van der Waals surface area contributed by atoms with Gasteiger partial charge in [-0.1, -0.05) is 45.8 Å². The van der Waals surface area contributed by atoms with Crippen LogP contribution >= 0.6 is 15.9 Å². The second kappa shape index (κ2) is 10.3. The van der Waals surface area contributed by atoms with Gasteiger partial charge in [0.25, 0.3) is 10.0 Å². The first kappa shape index (κ1) is 25.9. The lowest BCUT2D eigenvalue weighted by Gasteiger charge is -2.25. The number of benzene rings is 3. The molecule has 0 spiro atoms.